The number of amides is 1. The third kappa shape index (κ3) is 5.48. The Kier molecular flexibility index (Phi) is 7.03. The number of fused-ring (bicyclic) bond motifs is 1. The van der Waals surface area contributed by atoms with Gasteiger partial charge in [0.1, 0.15) is 0 Å². The Hall–Kier alpha value is -3.18. The topological polar surface area (TPSA) is 81.5 Å². The van der Waals surface area contributed by atoms with Gasteiger partial charge in [-0.1, -0.05) is 49.0 Å². The van der Waals surface area contributed by atoms with Crippen LogP contribution in [0, 0.1) is 0 Å². The Balaban J connectivity index is 1.47. The number of anilines is 1. The average molecular weight is 490 g/mol. The van der Waals surface area contributed by atoms with Gasteiger partial charge < -0.3 is 19.4 Å². The number of thioether (sulfide) groups is 1. The summed E-state index contributed by atoms with van der Waals surface area (Å²) in [5, 5.41) is 12.1. The van der Waals surface area contributed by atoms with Crippen molar-refractivity contribution in [2.45, 2.75) is 37.4 Å². The molecule has 1 amide bonds. The molecule has 0 bridgehead atoms. The van der Waals surface area contributed by atoms with E-state index < -0.39 is 6.29 Å². The molecule has 0 saturated carbocycles. The third-order valence-corrected chi connectivity index (χ3v) is 6.22. The Morgan fingerprint density at radius 1 is 1.15 bits per heavy atom. The summed E-state index contributed by atoms with van der Waals surface area (Å²) >= 11 is 1.26. The minimum Gasteiger partial charge on any atom is -0.395 e. The number of hydrogen-bond acceptors (Lipinski definition) is 7. The SMILES string of the molecule is CC[C@@H](c1nnc(SCC(=O)Nc2ccc3c(c2)OC(F)(F)O3)n1Cc1ccccc1)N(C)C. The second kappa shape index (κ2) is 9.98. The fraction of sp³-hybridized carbons (Fsp3) is 0.348. The quantitative estimate of drug-likeness (QED) is 0.447. The number of carbonyl (C=O) groups excluding carboxylic acids is 1. The summed E-state index contributed by atoms with van der Waals surface area (Å²) in [7, 11) is 3.99. The van der Waals surface area contributed by atoms with E-state index in [2.05, 4.69) is 36.8 Å². The van der Waals surface area contributed by atoms with Crippen molar-refractivity contribution >= 4 is 23.4 Å². The number of rotatable bonds is 9. The van der Waals surface area contributed by atoms with E-state index in [9.17, 15) is 13.6 Å². The number of carbonyl (C=O) groups is 1. The molecule has 4 rings (SSSR count). The molecule has 180 valence electrons. The van der Waals surface area contributed by atoms with E-state index in [1.165, 1.54) is 30.0 Å². The highest BCUT2D eigenvalue weighted by atomic mass is 32.2. The fourth-order valence-electron chi connectivity index (χ4n) is 3.70. The zero-order valence-corrected chi connectivity index (χ0v) is 19.8. The van der Waals surface area contributed by atoms with Crippen molar-refractivity contribution in [2.75, 3.05) is 25.2 Å². The van der Waals surface area contributed by atoms with Crippen LogP contribution in [0.3, 0.4) is 0 Å². The van der Waals surface area contributed by atoms with Gasteiger partial charge in [-0.2, -0.15) is 0 Å². The van der Waals surface area contributed by atoms with E-state index >= 15 is 0 Å². The van der Waals surface area contributed by atoms with E-state index in [1.54, 1.807) is 0 Å². The Bertz CT molecular complexity index is 1160. The first-order valence-corrected chi connectivity index (χ1v) is 11.7. The molecule has 1 atom stereocenters. The summed E-state index contributed by atoms with van der Waals surface area (Å²) in [4.78, 5) is 14.7. The van der Waals surface area contributed by atoms with E-state index in [0.29, 0.717) is 17.4 Å². The van der Waals surface area contributed by atoms with Crippen LogP contribution in [0.5, 0.6) is 11.5 Å². The fourth-order valence-corrected chi connectivity index (χ4v) is 4.45. The second-order valence-electron chi connectivity index (χ2n) is 7.97. The number of nitrogens with one attached hydrogen (secondary N) is 1. The van der Waals surface area contributed by atoms with Gasteiger partial charge in [0.15, 0.2) is 22.5 Å². The first kappa shape index (κ1) is 24.0. The van der Waals surface area contributed by atoms with Gasteiger partial charge in [-0.05, 0) is 38.2 Å². The molecule has 0 unspecified atom stereocenters. The molecule has 2 heterocycles. The molecule has 2 aromatic carbocycles. The maximum atomic E-state index is 13.2. The minimum atomic E-state index is -3.70. The number of aromatic nitrogens is 3. The molecule has 0 aliphatic carbocycles. The Labute approximate surface area is 200 Å². The van der Waals surface area contributed by atoms with E-state index in [4.69, 9.17) is 0 Å². The van der Waals surface area contributed by atoms with Gasteiger partial charge in [0.25, 0.3) is 0 Å². The highest BCUT2D eigenvalue weighted by Gasteiger charge is 2.43. The van der Waals surface area contributed by atoms with Gasteiger partial charge in [0.05, 0.1) is 18.3 Å². The van der Waals surface area contributed by atoms with Gasteiger partial charge in [0.2, 0.25) is 5.91 Å². The number of ether oxygens (including phenoxy) is 2. The van der Waals surface area contributed by atoms with E-state index in [1.807, 2.05) is 49.0 Å². The molecule has 11 heteroatoms. The Morgan fingerprint density at radius 2 is 1.88 bits per heavy atom. The van der Waals surface area contributed by atoms with Gasteiger partial charge in [-0.3, -0.25) is 9.69 Å². The van der Waals surface area contributed by atoms with Crippen molar-refractivity contribution in [1.82, 2.24) is 19.7 Å². The van der Waals surface area contributed by atoms with E-state index in [0.717, 1.165) is 17.8 Å². The summed E-state index contributed by atoms with van der Waals surface area (Å²) in [6.45, 7) is 2.67. The minimum absolute atomic E-state index is 0.0658. The zero-order valence-electron chi connectivity index (χ0n) is 19.0. The predicted molar refractivity (Wildman–Crippen MR) is 124 cm³/mol. The van der Waals surface area contributed by atoms with E-state index in [-0.39, 0.29) is 29.2 Å². The Morgan fingerprint density at radius 3 is 2.59 bits per heavy atom. The summed E-state index contributed by atoms with van der Waals surface area (Å²) in [6, 6.07) is 14.2. The van der Waals surface area contributed by atoms with Crippen molar-refractivity contribution in [3.05, 3.63) is 59.9 Å². The van der Waals surface area contributed by atoms with Crippen molar-refractivity contribution in [3.8, 4) is 11.5 Å². The molecule has 3 aromatic rings. The first-order chi connectivity index (χ1) is 16.3. The van der Waals surface area contributed by atoms with Gasteiger partial charge in [-0.15, -0.1) is 19.0 Å². The van der Waals surface area contributed by atoms with Crippen LogP contribution in [0.25, 0.3) is 0 Å². The normalized spacial score (nSPS) is 14.9. The molecule has 1 aliphatic rings. The van der Waals surface area contributed by atoms with Crippen LogP contribution in [-0.4, -0.2) is 51.7 Å². The van der Waals surface area contributed by atoms with Crippen molar-refractivity contribution in [3.63, 3.8) is 0 Å². The number of benzene rings is 2. The third-order valence-electron chi connectivity index (χ3n) is 5.25. The van der Waals surface area contributed by atoms with Crippen LogP contribution >= 0.6 is 11.8 Å². The maximum absolute atomic E-state index is 13.2. The molecule has 0 radical (unpaired) electrons. The molecule has 0 spiro atoms. The highest BCUT2D eigenvalue weighted by molar-refractivity contribution is 7.99. The van der Waals surface area contributed by atoms with Gasteiger partial charge in [0, 0.05) is 11.8 Å². The molecule has 0 saturated heterocycles. The molecule has 8 nitrogen and oxygen atoms in total. The number of halogens is 2. The standard InChI is InChI=1S/C23H25F2N5O3S/c1-4-17(29(2)3)21-27-28-22(30(21)13-15-8-6-5-7-9-15)34-14-20(31)26-16-10-11-18-19(12-16)33-23(24,25)32-18/h5-12,17H,4,13-14H2,1-3H3,(H,26,31)/t17-/m0/s1. The summed E-state index contributed by atoms with van der Waals surface area (Å²) < 4.78 is 37.3. The van der Waals surface area contributed by atoms with Crippen LogP contribution in [0.15, 0.2) is 53.7 Å². The van der Waals surface area contributed by atoms with Crippen molar-refractivity contribution in [2.24, 2.45) is 0 Å². The molecule has 34 heavy (non-hydrogen) atoms. The van der Waals surface area contributed by atoms with Crippen molar-refractivity contribution in [1.29, 1.82) is 0 Å². The van der Waals surface area contributed by atoms with Crippen LogP contribution in [0.2, 0.25) is 0 Å². The lowest BCUT2D eigenvalue weighted by Gasteiger charge is -2.23. The van der Waals surface area contributed by atoms with Crippen LogP contribution in [0.4, 0.5) is 14.5 Å². The average Bonchev–Trinajstić information content (AvgIpc) is 3.31. The number of alkyl halides is 2. The molecular formula is C23H25F2N5O3S. The lowest BCUT2D eigenvalue weighted by atomic mass is 10.2. The lowest BCUT2D eigenvalue weighted by Crippen LogP contribution is -2.25. The molecule has 1 aliphatic heterocycles. The molecular weight excluding hydrogens is 464 g/mol. The predicted octanol–water partition coefficient (Wildman–Crippen LogP) is 4.39. The smallest absolute Gasteiger partial charge is 0.395 e. The summed E-state index contributed by atoms with van der Waals surface area (Å²) in [5.41, 5.74) is 1.43. The largest absolute Gasteiger partial charge is 0.586 e. The zero-order chi connectivity index (χ0) is 24.3. The van der Waals surface area contributed by atoms with Gasteiger partial charge in [-0.25, -0.2) is 0 Å². The number of nitrogens with zero attached hydrogens (tertiary/aromatic N) is 4. The molecule has 0 fully saturated rings. The van der Waals surface area contributed by atoms with Crippen LogP contribution in [-0.2, 0) is 11.3 Å². The number of hydrogen-bond donors (Lipinski definition) is 1. The highest BCUT2D eigenvalue weighted by Crippen LogP contribution is 2.42. The lowest BCUT2D eigenvalue weighted by molar-refractivity contribution is -0.286. The van der Waals surface area contributed by atoms with Crippen LogP contribution < -0.4 is 14.8 Å². The molecule has 1 aromatic heterocycles. The van der Waals surface area contributed by atoms with Crippen molar-refractivity contribution < 1.29 is 23.0 Å². The monoisotopic (exact) mass is 489 g/mol. The van der Waals surface area contributed by atoms with Crippen LogP contribution in [0.1, 0.15) is 30.8 Å². The summed E-state index contributed by atoms with van der Waals surface area (Å²) in [6.07, 6.45) is -2.85. The van der Waals surface area contributed by atoms with Gasteiger partial charge >= 0.3 is 6.29 Å². The first-order valence-electron chi connectivity index (χ1n) is 10.7. The maximum Gasteiger partial charge on any atom is 0.586 e. The second-order valence-corrected chi connectivity index (χ2v) is 8.91. The molecule has 1 N–H and O–H groups in total. The summed E-state index contributed by atoms with van der Waals surface area (Å²) in [5.74, 6) is 0.375.